The molecular formula is C36H63N5O11. The van der Waals surface area contributed by atoms with Gasteiger partial charge in [0.25, 0.3) is 0 Å². The van der Waals surface area contributed by atoms with Gasteiger partial charge in [0.2, 0.25) is 29.5 Å². The third-order valence-electron chi connectivity index (χ3n) is 8.46. The Bertz CT molecular complexity index is 1100. The summed E-state index contributed by atoms with van der Waals surface area (Å²) in [6.45, 7) is 0.379. The van der Waals surface area contributed by atoms with E-state index in [4.69, 9.17) is 15.9 Å². The molecule has 0 aliphatic carbocycles. The van der Waals surface area contributed by atoms with Crippen LogP contribution in [0, 0.1) is 0 Å². The summed E-state index contributed by atoms with van der Waals surface area (Å²) in [5, 5.41) is 37.2. The normalized spacial score (nSPS) is 11.9. The zero-order valence-corrected chi connectivity index (χ0v) is 30.7. The number of nitrogens with one attached hydrogen (secondary N) is 4. The molecule has 16 nitrogen and oxygen atoms in total. The second kappa shape index (κ2) is 31.5. The monoisotopic (exact) mass is 741 g/mol. The maximum absolute atomic E-state index is 12.3. The number of carbonyl (C=O) groups excluding carboxylic acids is 5. The number of primary amides is 1. The summed E-state index contributed by atoms with van der Waals surface area (Å²) < 4.78 is 0. The lowest BCUT2D eigenvalue weighted by atomic mass is 10.0. The van der Waals surface area contributed by atoms with Crippen LogP contribution in [0.25, 0.3) is 0 Å². The molecule has 0 saturated carbocycles. The van der Waals surface area contributed by atoms with Crippen LogP contribution in [0.1, 0.15) is 154 Å². The molecule has 2 atom stereocenters. The summed E-state index contributed by atoms with van der Waals surface area (Å²) >= 11 is 0. The molecule has 0 spiro atoms. The van der Waals surface area contributed by atoms with Gasteiger partial charge in [-0.1, -0.05) is 77.0 Å². The van der Waals surface area contributed by atoms with Crippen LogP contribution in [0.3, 0.4) is 0 Å². The molecule has 0 aromatic carbocycles. The molecule has 0 rings (SSSR count). The van der Waals surface area contributed by atoms with Gasteiger partial charge in [0.1, 0.15) is 12.1 Å². The van der Waals surface area contributed by atoms with Gasteiger partial charge in [0.15, 0.2) is 0 Å². The van der Waals surface area contributed by atoms with Gasteiger partial charge in [-0.25, -0.2) is 9.59 Å². The molecule has 16 heteroatoms. The molecule has 2 unspecified atom stereocenters. The van der Waals surface area contributed by atoms with Gasteiger partial charge >= 0.3 is 17.9 Å². The van der Waals surface area contributed by atoms with Crippen molar-refractivity contribution < 1.29 is 53.7 Å². The van der Waals surface area contributed by atoms with Crippen molar-refractivity contribution in [3.8, 4) is 0 Å². The van der Waals surface area contributed by atoms with Crippen molar-refractivity contribution in [3.05, 3.63) is 0 Å². The largest absolute Gasteiger partial charge is 0.481 e. The Labute approximate surface area is 307 Å². The first-order valence-electron chi connectivity index (χ1n) is 18.9. The van der Waals surface area contributed by atoms with Gasteiger partial charge in [0, 0.05) is 51.6 Å². The highest BCUT2D eigenvalue weighted by Gasteiger charge is 2.22. The lowest BCUT2D eigenvalue weighted by molar-refractivity contribution is -0.142. The van der Waals surface area contributed by atoms with Gasteiger partial charge in [0.05, 0.1) is 0 Å². The van der Waals surface area contributed by atoms with E-state index in [9.17, 15) is 43.5 Å². The molecule has 0 fully saturated rings. The molecule has 5 amide bonds. The van der Waals surface area contributed by atoms with Crippen LogP contribution >= 0.6 is 0 Å². The zero-order chi connectivity index (χ0) is 39.0. The lowest BCUT2D eigenvalue weighted by Gasteiger charge is -2.15. The summed E-state index contributed by atoms with van der Waals surface area (Å²) in [5.74, 6) is -5.62. The van der Waals surface area contributed by atoms with Crippen molar-refractivity contribution in [1.82, 2.24) is 21.3 Å². The summed E-state index contributed by atoms with van der Waals surface area (Å²) in [6.07, 6.45) is 15.9. The zero-order valence-electron chi connectivity index (χ0n) is 30.7. The highest BCUT2D eigenvalue weighted by Crippen LogP contribution is 2.14. The molecule has 52 heavy (non-hydrogen) atoms. The molecule has 0 aliphatic heterocycles. The Hall–Kier alpha value is -4.24. The smallest absolute Gasteiger partial charge is 0.326 e. The first-order chi connectivity index (χ1) is 24.8. The fourth-order valence-electron chi connectivity index (χ4n) is 5.42. The average Bonchev–Trinajstić information content (AvgIpc) is 3.08. The van der Waals surface area contributed by atoms with Crippen molar-refractivity contribution in [2.45, 2.75) is 166 Å². The van der Waals surface area contributed by atoms with Crippen molar-refractivity contribution in [1.29, 1.82) is 0 Å². The summed E-state index contributed by atoms with van der Waals surface area (Å²) in [4.78, 5) is 92.6. The first-order valence-corrected chi connectivity index (χ1v) is 18.9. The third kappa shape index (κ3) is 30.6. The quantitative estimate of drug-likeness (QED) is 0.0437. The van der Waals surface area contributed by atoms with Crippen LogP contribution in [0.15, 0.2) is 0 Å². The van der Waals surface area contributed by atoms with Crippen LogP contribution in [0.2, 0.25) is 0 Å². The molecule has 0 aliphatic rings. The Morgan fingerprint density at radius 1 is 0.404 bits per heavy atom. The van der Waals surface area contributed by atoms with E-state index >= 15 is 0 Å². The topological polar surface area (TPSA) is 271 Å². The van der Waals surface area contributed by atoms with E-state index in [0.29, 0.717) is 19.4 Å². The fraction of sp³-hybridized carbons (Fsp3) is 0.778. The Balaban J connectivity index is 3.88. The lowest BCUT2D eigenvalue weighted by Crippen LogP contribution is -2.42. The van der Waals surface area contributed by atoms with Crippen molar-refractivity contribution in [2.24, 2.45) is 5.73 Å². The minimum Gasteiger partial charge on any atom is -0.481 e. The maximum atomic E-state index is 12.3. The van der Waals surface area contributed by atoms with E-state index in [2.05, 4.69) is 21.3 Å². The van der Waals surface area contributed by atoms with Crippen LogP contribution in [0.4, 0.5) is 0 Å². The Morgan fingerprint density at radius 2 is 0.731 bits per heavy atom. The minimum absolute atomic E-state index is 0.0121. The van der Waals surface area contributed by atoms with Crippen molar-refractivity contribution in [3.63, 3.8) is 0 Å². The Kier molecular flexibility index (Phi) is 28.9. The van der Waals surface area contributed by atoms with E-state index in [-0.39, 0.29) is 63.8 Å². The molecule has 0 saturated heterocycles. The first kappa shape index (κ1) is 47.8. The highest BCUT2D eigenvalue weighted by molar-refractivity contribution is 5.85. The summed E-state index contributed by atoms with van der Waals surface area (Å²) in [6, 6.07) is -2.53. The van der Waals surface area contributed by atoms with E-state index in [0.717, 1.165) is 44.9 Å². The second-order valence-electron chi connectivity index (χ2n) is 13.2. The highest BCUT2D eigenvalue weighted by atomic mass is 16.4. The number of nitrogens with two attached hydrogens (primary N) is 1. The number of carbonyl (C=O) groups is 8. The van der Waals surface area contributed by atoms with Gasteiger partial charge < -0.3 is 42.3 Å². The van der Waals surface area contributed by atoms with E-state index in [1.165, 1.54) is 44.9 Å². The molecule has 298 valence electrons. The molecule has 0 bridgehead atoms. The number of amides is 5. The minimum atomic E-state index is -1.30. The standard InChI is InChI=1S/C36H63N5O11/c37-29(42)23-21-27(35(49)50)40-32(45)19-16-26-39-31(44)24-22-28(36(51)52)41-33(46)18-15-25-38-30(43)17-13-11-9-7-5-3-1-2-4-6-8-10-12-14-20-34(47)48/h27-28H,1-26H2,(H2,37,42)(H,38,43)(H,39,44)(H,40,45)(H,41,46)(H,47,48)(H,49,50)(H,51,52). The van der Waals surface area contributed by atoms with Crippen LogP contribution in [-0.4, -0.2) is 87.9 Å². The number of hydrogen-bond donors (Lipinski definition) is 8. The summed E-state index contributed by atoms with van der Waals surface area (Å²) in [5.41, 5.74) is 5.01. The number of carboxylic acid groups (broad SMARTS) is 3. The predicted octanol–water partition coefficient (Wildman–Crippen LogP) is 3.29. The molecule has 0 heterocycles. The predicted molar refractivity (Wildman–Crippen MR) is 193 cm³/mol. The second-order valence-corrected chi connectivity index (χ2v) is 13.2. The van der Waals surface area contributed by atoms with Crippen LogP contribution in [-0.2, 0) is 38.4 Å². The van der Waals surface area contributed by atoms with Gasteiger partial charge in [-0.15, -0.1) is 0 Å². The maximum Gasteiger partial charge on any atom is 0.326 e. The Morgan fingerprint density at radius 3 is 1.10 bits per heavy atom. The molecule has 9 N–H and O–H groups in total. The van der Waals surface area contributed by atoms with E-state index in [1.54, 1.807) is 0 Å². The molecule has 0 radical (unpaired) electrons. The van der Waals surface area contributed by atoms with Crippen LogP contribution in [0.5, 0.6) is 0 Å². The van der Waals surface area contributed by atoms with Gasteiger partial charge in [-0.3, -0.25) is 28.8 Å². The molecule has 0 aromatic rings. The number of unbranched alkanes of at least 4 members (excludes halogenated alkanes) is 13. The van der Waals surface area contributed by atoms with Gasteiger partial charge in [-0.2, -0.15) is 0 Å². The number of hydrogen-bond acceptors (Lipinski definition) is 8. The number of aliphatic carboxylic acids is 3. The molecule has 0 aromatic heterocycles. The van der Waals surface area contributed by atoms with E-state index < -0.39 is 53.6 Å². The number of carboxylic acids is 3. The average molecular weight is 742 g/mol. The van der Waals surface area contributed by atoms with Crippen LogP contribution < -0.4 is 27.0 Å². The van der Waals surface area contributed by atoms with E-state index in [1.807, 2.05) is 0 Å². The van der Waals surface area contributed by atoms with Gasteiger partial charge in [-0.05, 0) is 38.5 Å². The SMILES string of the molecule is NC(=O)CCC(NC(=O)CCCNC(=O)CCC(NC(=O)CCCNC(=O)CCCCCCCCCCCCCCCCC(=O)O)C(=O)O)C(=O)O. The fourth-order valence-corrected chi connectivity index (χ4v) is 5.42. The van der Waals surface area contributed by atoms with Crippen molar-refractivity contribution >= 4 is 47.4 Å². The third-order valence-corrected chi connectivity index (χ3v) is 8.46. The van der Waals surface area contributed by atoms with Crippen molar-refractivity contribution in [2.75, 3.05) is 13.1 Å². The summed E-state index contributed by atoms with van der Waals surface area (Å²) in [7, 11) is 0. The number of rotatable bonds is 35. The molecular weight excluding hydrogens is 678 g/mol.